The summed E-state index contributed by atoms with van der Waals surface area (Å²) in [6.07, 6.45) is 3.39. The lowest BCUT2D eigenvalue weighted by Crippen LogP contribution is -2.42. The van der Waals surface area contributed by atoms with E-state index in [0.717, 1.165) is 24.8 Å². The summed E-state index contributed by atoms with van der Waals surface area (Å²) in [6, 6.07) is 9.95. The maximum atomic E-state index is 13.3. The Morgan fingerprint density at radius 3 is 2.66 bits per heavy atom. The Hall–Kier alpha value is -3.11. The molecular formula is C25H29N3O6S. The van der Waals surface area contributed by atoms with Crippen LogP contribution in [0.15, 0.2) is 41.3 Å². The van der Waals surface area contributed by atoms with Crippen LogP contribution in [0, 0.1) is 0 Å². The van der Waals surface area contributed by atoms with E-state index in [9.17, 15) is 18.0 Å². The molecule has 3 heterocycles. The fourth-order valence-corrected chi connectivity index (χ4v) is 6.65. The van der Waals surface area contributed by atoms with Crippen LogP contribution >= 0.6 is 0 Å². The third kappa shape index (κ3) is 4.72. The summed E-state index contributed by atoms with van der Waals surface area (Å²) in [4.78, 5) is 27.1. The molecule has 10 heteroatoms. The first-order valence-corrected chi connectivity index (χ1v) is 13.4. The monoisotopic (exact) mass is 499 g/mol. The molecule has 1 atom stereocenters. The van der Waals surface area contributed by atoms with Crippen molar-refractivity contribution in [1.29, 1.82) is 0 Å². The van der Waals surface area contributed by atoms with E-state index < -0.39 is 10.0 Å². The fraction of sp³-hybridized carbons (Fsp3) is 0.440. The van der Waals surface area contributed by atoms with Crippen molar-refractivity contribution < 1.29 is 27.5 Å². The van der Waals surface area contributed by atoms with E-state index >= 15 is 0 Å². The summed E-state index contributed by atoms with van der Waals surface area (Å²) in [5, 5.41) is 2.80. The van der Waals surface area contributed by atoms with Gasteiger partial charge in [-0.3, -0.25) is 9.59 Å². The van der Waals surface area contributed by atoms with Crippen LogP contribution < -0.4 is 19.7 Å². The van der Waals surface area contributed by atoms with E-state index in [1.807, 2.05) is 6.92 Å². The van der Waals surface area contributed by atoms with Gasteiger partial charge in [-0.25, -0.2) is 8.42 Å². The molecule has 1 saturated heterocycles. The lowest BCUT2D eigenvalue weighted by atomic mass is 10.0. The summed E-state index contributed by atoms with van der Waals surface area (Å²) in [5.41, 5.74) is 1.87. The number of benzene rings is 2. The molecule has 0 spiro atoms. The maximum absolute atomic E-state index is 13.3. The van der Waals surface area contributed by atoms with Crippen molar-refractivity contribution in [3.05, 3.63) is 42.0 Å². The average Bonchev–Trinajstić information content (AvgIpc) is 2.85. The van der Waals surface area contributed by atoms with Gasteiger partial charge in [0.2, 0.25) is 21.8 Å². The van der Waals surface area contributed by atoms with Gasteiger partial charge in [-0.2, -0.15) is 4.31 Å². The molecule has 0 unspecified atom stereocenters. The standard InChI is InChI=1S/C25H29N3O6S/c1-17-4-2-3-11-28(17)35(31,32)20-7-8-21-18(14-20)5-10-25(30)27(21)16-24(29)26-19-6-9-22-23(15-19)34-13-12-33-22/h6-9,14-15,17H,2-5,10-13,16H2,1H3,(H,26,29)/t17-/m1/s1. The number of amides is 2. The summed E-state index contributed by atoms with van der Waals surface area (Å²) in [7, 11) is -3.62. The topological polar surface area (TPSA) is 105 Å². The van der Waals surface area contributed by atoms with Crippen molar-refractivity contribution in [3.63, 3.8) is 0 Å². The third-order valence-electron chi connectivity index (χ3n) is 6.73. The van der Waals surface area contributed by atoms with Crippen LogP contribution in [0.2, 0.25) is 0 Å². The molecule has 0 saturated carbocycles. The number of sulfonamides is 1. The summed E-state index contributed by atoms with van der Waals surface area (Å²) in [5.74, 6) is 0.654. The van der Waals surface area contributed by atoms with Crippen LogP contribution in [0.3, 0.4) is 0 Å². The van der Waals surface area contributed by atoms with E-state index in [0.29, 0.717) is 49.1 Å². The van der Waals surface area contributed by atoms with Crippen LogP contribution in [-0.2, 0) is 26.0 Å². The van der Waals surface area contributed by atoms with Gasteiger partial charge in [-0.15, -0.1) is 0 Å². The van der Waals surface area contributed by atoms with Crippen molar-refractivity contribution in [2.45, 2.75) is 50.0 Å². The number of nitrogens with zero attached hydrogens (tertiary/aromatic N) is 2. The zero-order chi connectivity index (χ0) is 24.6. The predicted molar refractivity (Wildman–Crippen MR) is 130 cm³/mol. The van der Waals surface area contributed by atoms with E-state index in [1.54, 1.807) is 40.7 Å². The number of anilines is 2. The van der Waals surface area contributed by atoms with Crippen molar-refractivity contribution in [3.8, 4) is 11.5 Å². The van der Waals surface area contributed by atoms with E-state index in [2.05, 4.69) is 5.32 Å². The van der Waals surface area contributed by atoms with E-state index in [1.165, 1.54) is 4.90 Å². The molecule has 35 heavy (non-hydrogen) atoms. The van der Waals surface area contributed by atoms with Gasteiger partial charge in [0.25, 0.3) is 0 Å². The summed E-state index contributed by atoms with van der Waals surface area (Å²) < 4.78 is 39.2. The Morgan fingerprint density at radius 1 is 1.06 bits per heavy atom. The smallest absolute Gasteiger partial charge is 0.244 e. The third-order valence-corrected chi connectivity index (χ3v) is 8.74. The van der Waals surface area contributed by atoms with Gasteiger partial charge < -0.3 is 19.7 Å². The SMILES string of the molecule is C[C@@H]1CCCCN1S(=O)(=O)c1ccc2c(c1)CCC(=O)N2CC(=O)Nc1ccc2c(c1)OCCO2. The summed E-state index contributed by atoms with van der Waals surface area (Å²) in [6.45, 7) is 3.21. The first kappa shape index (κ1) is 23.6. The number of fused-ring (bicyclic) bond motifs is 2. The van der Waals surface area contributed by atoms with Gasteiger partial charge in [-0.1, -0.05) is 6.42 Å². The van der Waals surface area contributed by atoms with Crippen molar-refractivity contribution in [2.24, 2.45) is 0 Å². The lowest BCUT2D eigenvalue weighted by molar-refractivity contribution is -0.121. The average molecular weight is 500 g/mol. The Morgan fingerprint density at radius 2 is 1.86 bits per heavy atom. The van der Waals surface area contributed by atoms with Crippen molar-refractivity contribution in [1.82, 2.24) is 4.31 Å². The highest BCUT2D eigenvalue weighted by atomic mass is 32.2. The highest BCUT2D eigenvalue weighted by molar-refractivity contribution is 7.89. The van der Waals surface area contributed by atoms with Crippen molar-refractivity contribution >= 4 is 33.2 Å². The van der Waals surface area contributed by atoms with Gasteiger partial charge in [-0.05, 0) is 62.1 Å². The molecule has 2 amide bonds. The van der Waals surface area contributed by atoms with E-state index in [4.69, 9.17) is 9.47 Å². The molecular weight excluding hydrogens is 470 g/mol. The Labute approximate surface area is 205 Å². The molecule has 186 valence electrons. The highest BCUT2D eigenvalue weighted by Crippen LogP contribution is 2.34. The molecule has 5 rings (SSSR count). The number of hydrogen-bond acceptors (Lipinski definition) is 6. The zero-order valence-corrected chi connectivity index (χ0v) is 20.5. The number of carbonyl (C=O) groups is 2. The zero-order valence-electron chi connectivity index (χ0n) is 19.7. The van der Waals surface area contributed by atoms with Crippen LogP contribution in [0.1, 0.15) is 38.2 Å². The van der Waals surface area contributed by atoms with Gasteiger partial charge in [0, 0.05) is 36.4 Å². The molecule has 0 bridgehead atoms. The Kier molecular flexibility index (Phi) is 6.41. The molecule has 2 aromatic carbocycles. The molecule has 1 fully saturated rings. The number of rotatable bonds is 5. The second-order valence-electron chi connectivity index (χ2n) is 9.14. The van der Waals surface area contributed by atoms with Gasteiger partial charge >= 0.3 is 0 Å². The molecule has 2 aromatic rings. The first-order chi connectivity index (χ1) is 16.8. The second kappa shape index (κ2) is 9.50. The minimum absolute atomic E-state index is 0.0351. The van der Waals surface area contributed by atoms with Crippen LogP contribution in [0.4, 0.5) is 11.4 Å². The predicted octanol–water partition coefficient (Wildman–Crippen LogP) is 2.94. The quantitative estimate of drug-likeness (QED) is 0.678. The highest BCUT2D eigenvalue weighted by Gasteiger charge is 2.33. The van der Waals surface area contributed by atoms with Crippen LogP contribution in [0.25, 0.3) is 0 Å². The van der Waals surface area contributed by atoms with Gasteiger partial charge in [0.05, 0.1) is 4.90 Å². The number of piperidine rings is 1. The molecule has 0 aromatic heterocycles. The molecule has 3 aliphatic rings. The molecule has 0 radical (unpaired) electrons. The van der Waals surface area contributed by atoms with E-state index in [-0.39, 0.29) is 35.7 Å². The minimum atomic E-state index is -3.62. The minimum Gasteiger partial charge on any atom is -0.486 e. The largest absolute Gasteiger partial charge is 0.486 e. The molecule has 9 nitrogen and oxygen atoms in total. The van der Waals surface area contributed by atoms with Crippen LogP contribution in [0.5, 0.6) is 11.5 Å². The normalized spacial score (nSPS) is 20.3. The first-order valence-electron chi connectivity index (χ1n) is 12.0. The molecule has 0 aliphatic carbocycles. The molecule has 3 aliphatic heterocycles. The number of aryl methyl sites for hydroxylation is 1. The number of carbonyl (C=O) groups excluding carboxylic acids is 2. The number of ether oxygens (including phenoxy) is 2. The summed E-state index contributed by atoms with van der Waals surface area (Å²) >= 11 is 0. The van der Waals surface area contributed by atoms with Gasteiger partial charge in [0.1, 0.15) is 19.8 Å². The van der Waals surface area contributed by atoms with Gasteiger partial charge in [0.15, 0.2) is 11.5 Å². The lowest BCUT2D eigenvalue weighted by Gasteiger charge is -2.33. The number of nitrogens with one attached hydrogen (secondary N) is 1. The number of hydrogen-bond donors (Lipinski definition) is 1. The second-order valence-corrected chi connectivity index (χ2v) is 11.0. The van der Waals surface area contributed by atoms with Crippen LogP contribution in [-0.4, -0.2) is 56.9 Å². The maximum Gasteiger partial charge on any atom is 0.244 e. The fourth-order valence-electron chi connectivity index (χ4n) is 4.90. The Balaban J connectivity index is 1.33. The molecule has 1 N–H and O–H groups in total. The van der Waals surface area contributed by atoms with Crippen molar-refractivity contribution in [2.75, 3.05) is 36.5 Å². The Bertz CT molecular complexity index is 1260.